The number of carbonyl (C=O) groups is 1. The Labute approximate surface area is 120 Å². The lowest BCUT2D eigenvalue weighted by Gasteiger charge is -2.05. The van der Waals surface area contributed by atoms with E-state index in [9.17, 15) is 19.3 Å². The third kappa shape index (κ3) is 3.15. The summed E-state index contributed by atoms with van der Waals surface area (Å²) >= 11 is 3.04. The predicted molar refractivity (Wildman–Crippen MR) is 72.9 cm³/mol. The molecule has 1 aromatic carbocycles. The summed E-state index contributed by atoms with van der Waals surface area (Å²) in [7, 11) is 0. The molecular weight excluding hydrogens is 333 g/mol. The second kappa shape index (κ2) is 5.74. The SMILES string of the molecule is O=C(Nc1ccc(Br)c([N+](=O)[O-])c1)c1ccc(F)nc1. The largest absolute Gasteiger partial charge is 0.322 e. The maximum Gasteiger partial charge on any atom is 0.285 e. The molecular formula is C12H7BrFN3O3. The summed E-state index contributed by atoms with van der Waals surface area (Å²) in [6.45, 7) is 0. The van der Waals surface area contributed by atoms with Crippen LogP contribution in [0, 0.1) is 16.1 Å². The molecule has 8 heteroatoms. The number of benzene rings is 1. The molecule has 6 nitrogen and oxygen atoms in total. The second-order valence-corrected chi connectivity index (χ2v) is 4.60. The Balaban J connectivity index is 2.21. The van der Waals surface area contributed by atoms with Crippen LogP contribution in [0.2, 0.25) is 0 Å². The Hall–Kier alpha value is -2.35. The van der Waals surface area contributed by atoms with Crippen LogP contribution in [0.1, 0.15) is 10.4 Å². The lowest BCUT2D eigenvalue weighted by Crippen LogP contribution is -2.12. The number of aromatic nitrogens is 1. The molecule has 1 N–H and O–H groups in total. The molecule has 2 rings (SSSR count). The third-order valence-corrected chi connectivity index (χ3v) is 3.06. The van der Waals surface area contributed by atoms with Crippen molar-refractivity contribution >= 4 is 33.2 Å². The monoisotopic (exact) mass is 339 g/mol. The molecule has 0 fully saturated rings. The molecule has 0 aliphatic carbocycles. The Morgan fingerprint density at radius 3 is 2.70 bits per heavy atom. The zero-order valence-corrected chi connectivity index (χ0v) is 11.4. The minimum Gasteiger partial charge on any atom is -0.322 e. The topological polar surface area (TPSA) is 85.1 Å². The van der Waals surface area contributed by atoms with Crippen LogP contribution in [0.5, 0.6) is 0 Å². The van der Waals surface area contributed by atoms with E-state index in [2.05, 4.69) is 26.2 Å². The van der Waals surface area contributed by atoms with Gasteiger partial charge in [0.25, 0.3) is 11.6 Å². The number of nitro groups is 1. The van der Waals surface area contributed by atoms with E-state index < -0.39 is 16.8 Å². The number of hydrogen-bond acceptors (Lipinski definition) is 4. The van der Waals surface area contributed by atoms with Crippen molar-refractivity contribution in [3.05, 3.63) is 62.6 Å². The van der Waals surface area contributed by atoms with Crippen LogP contribution in [0.15, 0.2) is 41.0 Å². The third-order valence-electron chi connectivity index (χ3n) is 2.39. The first kappa shape index (κ1) is 14.1. The van der Waals surface area contributed by atoms with Crippen molar-refractivity contribution < 1.29 is 14.1 Å². The van der Waals surface area contributed by atoms with Crippen LogP contribution in [-0.2, 0) is 0 Å². The Kier molecular flexibility index (Phi) is 4.04. The number of nitrogens with zero attached hydrogens (tertiary/aromatic N) is 2. The van der Waals surface area contributed by atoms with E-state index in [0.717, 1.165) is 12.3 Å². The van der Waals surface area contributed by atoms with Crippen molar-refractivity contribution in [2.24, 2.45) is 0 Å². The molecule has 0 atom stereocenters. The van der Waals surface area contributed by atoms with Gasteiger partial charge in [-0.05, 0) is 40.2 Å². The molecule has 1 amide bonds. The van der Waals surface area contributed by atoms with Crippen LogP contribution < -0.4 is 5.32 Å². The molecule has 0 unspecified atom stereocenters. The van der Waals surface area contributed by atoms with Gasteiger partial charge in [0, 0.05) is 18.0 Å². The summed E-state index contributed by atoms with van der Waals surface area (Å²) in [4.78, 5) is 25.4. The van der Waals surface area contributed by atoms with E-state index in [1.54, 1.807) is 0 Å². The minimum absolute atomic E-state index is 0.150. The van der Waals surface area contributed by atoms with Gasteiger partial charge in [-0.15, -0.1) is 0 Å². The highest BCUT2D eigenvalue weighted by Crippen LogP contribution is 2.27. The van der Waals surface area contributed by atoms with Gasteiger partial charge >= 0.3 is 0 Å². The van der Waals surface area contributed by atoms with Gasteiger partial charge in [-0.2, -0.15) is 4.39 Å². The summed E-state index contributed by atoms with van der Waals surface area (Å²) in [6, 6.07) is 6.51. The van der Waals surface area contributed by atoms with Gasteiger partial charge in [-0.3, -0.25) is 14.9 Å². The van der Waals surface area contributed by atoms with E-state index in [0.29, 0.717) is 4.47 Å². The Bertz CT molecular complexity index is 676. The molecule has 2 aromatic rings. The van der Waals surface area contributed by atoms with Gasteiger partial charge < -0.3 is 5.32 Å². The summed E-state index contributed by atoms with van der Waals surface area (Å²) in [5.74, 6) is -1.23. The molecule has 102 valence electrons. The van der Waals surface area contributed by atoms with Gasteiger partial charge in [0.15, 0.2) is 0 Å². The number of anilines is 1. The molecule has 0 bridgehead atoms. The number of nitro benzene ring substituents is 1. The number of pyridine rings is 1. The average molecular weight is 340 g/mol. The van der Waals surface area contributed by atoms with Crippen LogP contribution >= 0.6 is 15.9 Å². The lowest BCUT2D eigenvalue weighted by atomic mass is 10.2. The quantitative estimate of drug-likeness (QED) is 0.528. The van der Waals surface area contributed by atoms with Gasteiger partial charge in [0.05, 0.1) is 15.0 Å². The summed E-state index contributed by atoms with van der Waals surface area (Å²) in [5.41, 5.74) is 0.242. The van der Waals surface area contributed by atoms with Crippen molar-refractivity contribution in [2.75, 3.05) is 5.32 Å². The number of halogens is 2. The van der Waals surface area contributed by atoms with E-state index >= 15 is 0 Å². The Morgan fingerprint density at radius 1 is 1.35 bits per heavy atom. The van der Waals surface area contributed by atoms with Gasteiger partial charge in [-0.1, -0.05) is 0 Å². The average Bonchev–Trinajstić information content (AvgIpc) is 2.41. The van der Waals surface area contributed by atoms with E-state index in [-0.39, 0.29) is 16.9 Å². The standard InChI is InChI=1S/C12H7BrFN3O3/c13-9-3-2-8(5-10(9)17(19)20)16-12(18)7-1-4-11(14)15-6-7/h1-6H,(H,16,18). The molecule has 0 saturated heterocycles. The fraction of sp³-hybridized carbons (Fsp3) is 0. The first-order valence-corrected chi connectivity index (χ1v) is 6.13. The molecule has 0 aliphatic heterocycles. The Morgan fingerprint density at radius 2 is 2.10 bits per heavy atom. The zero-order valence-electron chi connectivity index (χ0n) is 9.84. The van der Waals surface area contributed by atoms with Crippen molar-refractivity contribution in [1.29, 1.82) is 0 Å². The zero-order chi connectivity index (χ0) is 14.7. The van der Waals surface area contributed by atoms with Crippen molar-refractivity contribution in [3.63, 3.8) is 0 Å². The first-order valence-electron chi connectivity index (χ1n) is 5.34. The fourth-order valence-corrected chi connectivity index (χ4v) is 1.84. The van der Waals surface area contributed by atoms with Crippen LogP contribution in [0.25, 0.3) is 0 Å². The number of hydrogen-bond donors (Lipinski definition) is 1. The van der Waals surface area contributed by atoms with E-state index in [1.807, 2.05) is 0 Å². The van der Waals surface area contributed by atoms with Crippen molar-refractivity contribution in [2.45, 2.75) is 0 Å². The fourth-order valence-electron chi connectivity index (χ4n) is 1.44. The highest BCUT2D eigenvalue weighted by molar-refractivity contribution is 9.10. The maximum absolute atomic E-state index is 12.6. The molecule has 0 aliphatic rings. The highest BCUT2D eigenvalue weighted by atomic mass is 79.9. The molecule has 20 heavy (non-hydrogen) atoms. The predicted octanol–water partition coefficient (Wildman–Crippen LogP) is 3.14. The number of carbonyl (C=O) groups excluding carboxylic acids is 1. The van der Waals surface area contributed by atoms with Crippen molar-refractivity contribution in [3.8, 4) is 0 Å². The van der Waals surface area contributed by atoms with Gasteiger partial charge in [0.1, 0.15) is 0 Å². The van der Waals surface area contributed by atoms with E-state index in [1.165, 1.54) is 24.3 Å². The summed E-state index contributed by atoms with van der Waals surface area (Å²) < 4.78 is 12.9. The number of amides is 1. The number of nitrogens with one attached hydrogen (secondary N) is 1. The summed E-state index contributed by atoms with van der Waals surface area (Å²) in [6.07, 6.45) is 1.08. The molecule has 0 spiro atoms. The van der Waals surface area contributed by atoms with Gasteiger partial charge in [-0.25, -0.2) is 4.98 Å². The second-order valence-electron chi connectivity index (χ2n) is 3.75. The number of rotatable bonds is 3. The van der Waals surface area contributed by atoms with Crippen LogP contribution in [0.3, 0.4) is 0 Å². The van der Waals surface area contributed by atoms with Crippen LogP contribution in [0.4, 0.5) is 15.8 Å². The molecule has 0 saturated carbocycles. The van der Waals surface area contributed by atoms with Crippen LogP contribution in [-0.4, -0.2) is 15.8 Å². The maximum atomic E-state index is 12.6. The molecule has 0 radical (unpaired) electrons. The minimum atomic E-state index is -0.694. The van der Waals surface area contributed by atoms with E-state index in [4.69, 9.17) is 0 Å². The lowest BCUT2D eigenvalue weighted by molar-refractivity contribution is -0.385. The summed E-state index contributed by atoms with van der Waals surface area (Å²) in [5, 5.41) is 13.3. The van der Waals surface area contributed by atoms with Gasteiger partial charge in [0.2, 0.25) is 5.95 Å². The smallest absolute Gasteiger partial charge is 0.285 e. The molecule has 1 aromatic heterocycles. The normalized spacial score (nSPS) is 10.1. The van der Waals surface area contributed by atoms with Crippen molar-refractivity contribution in [1.82, 2.24) is 4.98 Å². The first-order chi connectivity index (χ1) is 9.47. The molecule has 1 heterocycles. The highest BCUT2D eigenvalue weighted by Gasteiger charge is 2.14.